The van der Waals surface area contributed by atoms with E-state index in [1.165, 1.54) is 16.9 Å². The van der Waals surface area contributed by atoms with E-state index in [4.69, 9.17) is 0 Å². The number of nitrogens with one attached hydrogen (secondary N) is 2. The van der Waals surface area contributed by atoms with Crippen LogP contribution in [0.3, 0.4) is 0 Å². The molecule has 0 saturated heterocycles. The van der Waals surface area contributed by atoms with E-state index >= 15 is 0 Å². The molecule has 0 aliphatic carbocycles. The molecule has 2 heteroatoms. The summed E-state index contributed by atoms with van der Waals surface area (Å²) in [5.74, 6) is 0. The Bertz CT molecular complexity index is 377. The number of fused-ring (bicyclic) bond motifs is 1. The van der Waals surface area contributed by atoms with Gasteiger partial charge in [0.1, 0.15) is 0 Å². The van der Waals surface area contributed by atoms with Gasteiger partial charge in [-0.25, -0.2) is 0 Å². The van der Waals surface area contributed by atoms with Gasteiger partial charge in [0, 0.05) is 12.6 Å². The number of rotatable bonds is 0. The minimum Gasteiger partial charge on any atom is -0.383 e. The minimum absolute atomic E-state index is 0.300. The quantitative estimate of drug-likeness (QED) is 0.694. The van der Waals surface area contributed by atoms with Gasteiger partial charge in [-0.05, 0) is 36.5 Å². The third-order valence-corrected chi connectivity index (χ3v) is 3.30. The molecule has 2 nitrogen and oxygen atoms in total. The average Bonchev–Trinajstić information content (AvgIpc) is 2.38. The maximum absolute atomic E-state index is 3.66. The zero-order valence-electron chi connectivity index (χ0n) is 10.7. The fraction of sp³-hybridized carbons (Fsp3) is 0.571. The van der Waals surface area contributed by atoms with Crippen LogP contribution in [0.15, 0.2) is 18.2 Å². The maximum atomic E-state index is 3.66. The first kappa shape index (κ1) is 11.3. The fourth-order valence-electron chi connectivity index (χ4n) is 2.19. The van der Waals surface area contributed by atoms with Gasteiger partial charge >= 0.3 is 0 Å². The van der Waals surface area contributed by atoms with Crippen LogP contribution in [0.1, 0.15) is 32.8 Å². The molecule has 0 fully saturated rings. The predicted molar refractivity (Wildman–Crippen MR) is 71.2 cm³/mol. The summed E-state index contributed by atoms with van der Waals surface area (Å²) in [5.41, 5.74) is 4.09. The number of anilines is 2. The number of hydrogen-bond donors (Lipinski definition) is 2. The summed E-state index contributed by atoms with van der Waals surface area (Å²) in [6.45, 7) is 10.1. The van der Waals surface area contributed by atoms with E-state index in [1.54, 1.807) is 0 Å². The lowest BCUT2D eigenvalue weighted by Crippen LogP contribution is -2.34. The van der Waals surface area contributed by atoms with Crippen LogP contribution in [0.25, 0.3) is 0 Å². The molecule has 0 spiro atoms. The van der Waals surface area contributed by atoms with Gasteiger partial charge in [0.05, 0.1) is 11.4 Å². The summed E-state index contributed by atoms with van der Waals surface area (Å²) in [5, 5.41) is 7.17. The van der Waals surface area contributed by atoms with Crippen LogP contribution < -0.4 is 10.6 Å². The smallest absolute Gasteiger partial charge is 0.0578 e. The first-order valence-corrected chi connectivity index (χ1v) is 6.08. The van der Waals surface area contributed by atoms with Crippen molar-refractivity contribution in [2.45, 2.75) is 40.2 Å². The SMILES string of the molecule is Cc1ccc2c(c1)NCCC(C(C)(C)C)N2. The second-order valence-electron chi connectivity index (χ2n) is 5.83. The van der Waals surface area contributed by atoms with Gasteiger partial charge in [0.15, 0.2) is 0 Å². The molecule has 16 heavy (non-hydrogen) atoms. The topological polar surface area (TPSA) is 24.1 Å². The van der Waals surface area contributed by atoms with Gasteiger partial charge in [-0.1, -0.05) is 26.8 Å². The van der Waals surface area contributed by atoms with Gasteiger partial charge < -0.3 is 10.6 Å². The van der Waals surface area contributed by atoms with Crippen LogP contribution in [0, 0.1) is 12.3 Å². The Hall–Kier alpha value is -1.18. The van der Waals surface area contributed by atoms with Gasteiger partial charge in [-0.2, -0.15) is 0 Å². The molecule has 1 aromatic rings. The molecule has 1 unspecified atom stereocenters. The highest BCUT2D eigenvalue weighted by molar-refractivity contribution is 5.70. The van der Waals surface area contributed by atoms with E-state index in [-0.39, 0.29) is 0 Å². The Morgan fingerprint density at radius 1 is 1.19 bits per heavy atom. The second kappa shape index (κ2) is 4.00. The second-order valence-corrected chi connectivity index (χ2v) is 5.83. The Labute approximate surface area is 98.4 Å². The van der Waals surface area contributed by atoms with Crippen LogP contribution in [0.4, 0.5) is 11.4 Å². The van der Waals surface area contributed by atoms with E-state index in [0.29, 0.717) is 11.5 Å². The van der Waals surface area contributed by atoms with Crippen LogP contribution in [-0.2, 0) is 0 Å². The van der Waals surface area contributed by atoms with Crippen molar-refractivity contribution in [2.75, 3.05) is 17.2 Å². The molecule has 0 amide bonds. The molecule has 1 aromatic carbocycles. The summed E-state index contributed by atoms with van der Waals surface area (Å²) in [7, 11) is 0. The highest BCUT2D eigenvalue weighted by atomic mass is 15.0. The van der Waals surface area contributed by atoms with E-state index in [9.17, 15) is 0 Å². The third kappa shape index (κ3) is 2.31. The molecule has 2 N–H and O–H groups in total. The maximum Gasteiger partial charge on any atom is 0.0578 e. The molecule has 2 rings (SSSR count). The largest absolute Gasteiger partial charge is 0.383 e. The molecule has 1 aliphatic heterocycles. The van der Waals surface area contributed by atoms with Gasteiger partial charge in [0.2, 0.25) is 0 Å². The van der Waals surface area contributed by atoms with Crippen molar-refractivity contribution in [3.05, 3.63) is 23.8 Å². The fourth-order valence-corrected chi connectivity index (χ4v) is 2.19. The lowest BCUT2D eigenvalue weighted by Gasteiger charge is -2.31. The Morgan fingerprint density at radius 3 is 2.62 bits per heavy atom. The number of hydrogen-bond acceptors (Lipinski definition) is 2. The molecular weight excluding hydrogens is 196 g/mol. The van der Waals surface area contributed by atoms with Crippen molar-refractivity contribution in [1.29, 1.82) is 0 Å². The lowest BCUT2D eigenvalue weighted by molar-refractivity contribution is 0.332. The van der Waals surface area contributed by atoms with Gasteiger partial charge in [-0.3, -0.25) is 0 Å². The third-order valence-electron chi connectivity index (χ3n) is 3.30. The number of benzene rings is 1. The zero-order valence-corrected chi connectivity index (χ0v) is 10.7. The van der Waals surface area contributed by atoms with Crippen molar-refractivity contribution in [3.63, 3.8) is 0 Å². The molecule has 0 radical (unpaired) electrons. The summed E-state index contributed by atoms with van der Waals surface area (Å²) in [6.07, 6.45) is 1.16. The van der Waals surface area contributed by atoms with Crippen LogP contribution in [-0.4, -0.2) is 12.6 Å². The number of aryl methyl sites for hydroxylation is 1. The van der Waals surface area contributed by atoms with E-state index in [0.717, 1.165) is 13.0 Å². The molecule has 1 aliphatic rings. The van der Waals surface area contributed by atoms with Crippen LogP contribution in [0.5, 0.6) is 0 Å². The highest BCUT2D eigenvalue weighted by Crippen LogP contribution is 2.32. The van der Waals surface area contributed by atoms with E-state index < -0.39 is 0 Å². The molecule has 1 atom stereocenters. The van der Waals surface area contributed by atoms with Gasteiger partial charge in [0.25, 0.3) is 0 Å². The van der Waals surface area contributed by atoms with E-state index in [1.807, 2.05) is 0 Å². The summed E-state index contributed by atoms with van der Waals surface area (Å²) < 4.78 is 0. The zero-order chi connectivity index (χ0) is 11.8. The molecular formula is C14H22N2. The Kier molecular flexibility index (Phi) is 2.83. The van der Waals surface area contributed by atoms with Crippen molar-refractivity contribution in [1.82, 2.24) is 0 Å². The monoisotopic (exact) mass is 218 g/mol. The van der Waals surface area contributed by atoms with Crippen molar-refractivity contribution in [2.24, 2.45) is 5.41 Å². The molecule has 0 saturated carbocycles. The highest BCUT2D eigenvalue weighted by Gasteiger charge is 2.26. The summed E-state index contributed by atoms with van der Waals surface area (Å²) >= 11 is 0. The van der Waals surface area contributed by atoms with Gasteiger partial charge in [-0.15, -0.1) is 0 Å². The lowest BCUT2D eigenvalue weighted by atomic mass is 9.85. The summed E-state index contributed by atoms with van der Waals surface area (Å²) in [4.78, 5) is 0. The van der Waals surface area contributed by atoms with Crippen LogP contribution in [0.2, 0.25) is 0 Å². The summed E-state index contributed by atoms with van der Waals surface area (Å²) in [6, 6.07) is 7.09. The van der Waals surface area contributed by atoms with Crippen LogP contribution >= 0.6 is 0 Å². The van der Waals surface area contributed by atoms with E-state index in [2.05, 4.69) is 56.5 Å². The molecule has 0 bridgehead atoms. The first-order chi connectivity index (χ1) is 7.47. The normalized spacial score (nSPS) is 20.4. The Morgan fingerprint density at radius 2 is 1.94 bits per heavy atom. The van der Waals surface area contributed by atoms with Crippen molar-refractivity contribution in [3.8, 4) is 0 Å². The molecule has 1 heterocycles. The Balaban J connectivity index is 2.28. The molecule has 0 aromatic heterocycles. The van der Waals surface area contributed by atoms with Crippen molar-refractivity contribution >= 4 is 11.4 Å². The average molecular weight is 218 g/mol. The standard InChI is InChI=1S/C14H22N2/c1-10-5-6-11-12(9-10)15-8-7-13(16-11)14(2,3)4/h5-6,9,13,15-16H,7-8H2,1-4H3. The molecule has 88 valence electrons. The predicted octanol–water partition coefficient (Wildman–Crippen LogP) is 3.64. The minimum atomic E-state index is 0.300. The van der Waals surface area contributed by atoms with Crippen molar-refractivity contribution < 1.29 is 0 Å². The first-order valence-electron chi connectivity index (χ1n) is 6.08.